The molecular weight excluding hydrogens is 307 g/mol. The molecule has 2 aromatic carbocycles. The molecule has 3 nitrogen and oxygen atoms in total. The van der Waals surface area contributed by atoms with Gasteiger partial charge >= 0.3 is 6.18 Å². The molecule has 0 radical (unpaired) electrons. The van der Waals surface area contributed by atoms with Crippen LogP contribution < -0.4 is 4.74 Å². The van der Waals surface area contributed by atoms with Crippen molar-refractivity contribution < 1.29 is 22.7 Å². The second kappa shape index (κ2) is 7.09. The van der Waals surface area contributed by atoms with Crippen LogP contribution in [0.1, 0.15) is 18.1 Å². The van der Waals surface area contributed by atoms with Crippen molar-refractivity contribution in [1.82, 2.24) is 0 Å². The number of alkyl halides is 3. The van der Waals surface area contributed by atoms with Crippen molar-refractivity contribution in [3.63, 3.8) is 0 Å². The van der Waals surface area contributed by atoms with Crippen molar-refractivity contribution in [3.05, 3.63) is 53.6 Å². The van der Waals surface area contributed by atoms with E-state index in [1.807, 2.05) is 19.1 Å². The molecule has 0 heterocycles. The second-order valence-electron chi connectivity index (χ2n) is 4.69. The number of aldehydes is 1. The molecule has 0 N–H and O–H groups in total. The zero-order chi connectivity index (χ0) is 16.9. The predicted molar refractivity (Wildman–Crippen MR) is 81.6 cm³/mol. The highest BCUT2D eigenvalue weighted by molar-refractivity contribution is 6.13. The van der Waals surface area contributed by atoms with Crippen LogP contribution in [0.15, 0.2) is 47.5 Å². The van der Waals surface area contributed by atoms with Gasteiger partial charge in [0.2, 0.25) is 0 Å². The number of aryl methyl sites for hydroxylation is 1. The molecule has 0 amide bonds. The van der Waals surface area contributed by atoms with Gasteiger partial charge in [-0.1, -0.05) is 19.1 Å². The topological polar surface area (TPSA) is 38.7 Å². The van der Waals surface area contributed by atoms with Gasteiger partial charge in [0.1, 0.15) is 11.4 Å². The SMILES string of the molecule is CCc1ccc(Oc2ccc(C(F)(F)F)cc2N=CC=O)cc1. The summed E-state index contributed by atoms with van der Waals surface area (Å²) in [5.74, 6) is 0.616. The molecule has 0 aliphatic heterocycles. The fraction of sp³-hybridized carbons (Fsp3) is 0.176. The quantitative estimate of drug-likeness (QED) is 0.576. The summed E-state index contributed by atoms with van der Waals surface area (Å²) in [6, 6.07) is 10.1. The molecule has 0 fully saturated rings. The maximum Gasteiger partial charge on any atom is 0.416 e. The van der Waals surface area contributed by atoms with Crippen molar-refractivity contribution in [1.29, 1.82) is 0 Å². The molecule has 2 rings (SSSR count). The Morgan fingerprint density at radius 1 is 1.13 bits per heavy atom. The molecule has 0 bridgehead atoms. The lowest BCUT2D eigenvalue weighted by Gasteiger charge is -2.12. The molecule has 120 valence electrons. The van der Waals surface area contributed by atoms with Gasteiger partial charge in [0.15, 0.2) is 12.0 Å². The van der Waals surface area contributed by atoms with E-state index in [2.05, 4.69) is 4.99 Å². The van der Waals surface area contributed by atoms with Crippen LogP contribution in [0.4, 0.5) is 18.9 Å². The minimum absolute atomic E-state index is 0.0634. The molecule has 0 unspecified atom stereocenters. The van der Waals surface area contributed by atoms with Crippen LogP contribution in [-0.4, -0.2) is 12.5 Å². The Bertz CT molecular complexity index is 707. The number of hydrogen-bond donors (Lipinski definition) is 0. The summed E-state index contributed by atoms with van der Waals surface area (Å²) < 4.78 is 43.9. The Balaban J connectivity index is 2.35. The molecule has 0 spiro atoms. The third-order valence-electron chi connectivity index (χ3n) is 3.12. The van der Waals surface area contributed by atoms with E-state index in [4.69, 9.17) is 4.74 Å². The van der Waals surface area contributed by atoms with Crippen molar-refractivity contribution in [2.24, 2.45) is 4.99 Å². The largest absolute Gasteiger partial charge is 0.455 e. The first-order valence-corrected chi connectivity index (χ1v) is 6.90. The van der Waals surface area contributed by atoms with Crippen LogP contribution in [0.25, 0.3) is 0 Å². The molecule has 6 heteroatoms. The van der Waals surface area contributed by atoms with Gasteiger partial charge in [-0.15, -0.1) is 0 Å². The fourth-order valence-corrected chi connectivity index (χ4v) is 1.91. The van der Waals surface area contributed by atoms with Crippen molar-refractivity contribution in [2.75, 3.05) is 0 Å². The number of hydrogen-bond acceptors (Lipinski definition) is 3. The molecule has 2 aromatic rings. The van der Waals surface area contributed by atoms with Crippen molar-refractivity contribution >= 4 is 18.2 Å². The highest BCUT2D eigenvalue weighted by Gasteiger charge is 2.31. The first kappa shape index (κ1) is 16.7. The lowest BCUT2D eigenvalue weighted by atomic mass is 10.1. The number of nitrogens with zero attached hydrogens (tertiary/aromatic N) is 1. The van der Waals surface area contributed by atoms with Gasteiger partial charge in [0.25, 0.3) is 0 Å². The monoisotopic (exact) mass is 321 g/mol. The summed E-state index contributed by atoms with van der Waals surface area (Å²) in [6.07, 6.45) is -2.36. The Morgan fingerprint density at radius 3 is 2.39 bits per heavy atom. The van der Waals surface area contributed by atoms with Gasteiger partial charge in [-0.25, -0.2) is 4.99 Å². The van der Waals surface area contributed by atoms with Gasteiger partial charge < -0.3 is 4.74 Å². The van der Waals surface area contributed by atoms with Crippen LogP contribution >= 0.6 is 0 Å². The van der Waals surface area contributed by atoms with Crippen LogP contribution in [-0.2, 0) is 17.4 Å². The minimum atomic E-state index is -4.49. The van der Waals surface area contributed by atoms with Crippen molar-refractivity contribution in [3.8, 4) is 11.5 Å². The summed E-state index contributed by atoms with van der Waals surface area (Å²) in [7, 11) is 0. The molecule has 0 atom stereocenters. The zero-order valence-electron chi connectivity index (χ0n) is 12.3. The van der Waals surface area contributed by atoms with E-state index in [1.165, 1.54) is 6.07 Å². The Morgan fingerprint density at radius 2 is 1.83 bits per heavy atom. The first-order valence-electron chi connectivity index (χ1n) is 6.90. The summed E-state index contributed by atoms with van der Waals surface area (Å²) in [4.78, 5) is 14.1. The van der Waals surface area contributed by atoms with Crippen LogP contribution in [0.2, 0.25) is 0 Å². The molecule has 0 saturated carbocycles. The van der Waals surface area contributed by atoms with Gasteiger partial charge in [0, 0.05) is 0 Å². The third kappa shape index (κ3) is 4.42. The number of carbonyl (C=O) groups excluding carboxylic acids is 1. The lowest BCUT2D eigenvalue weighted by Crippen LogP contribution is -2.04. The summed E-state index contributed by atoms with van der Waals surface area (Å²) in [5, 5.41) is 0. The van der Waals surface area contributed by atoms with Crippen molar-refractivity contribution in [2.45, 2.75) is 19.5 Å². The average Bonchev–Trinajstić information content (AvgIpc) is 2.53. The molecule has 0 saturated heterocycles. The zero-order valence-corrected chi connectivity index (χ0v) is 12.3. The van der Waals surface area contributed by atoms with Gasteiger partial charge in [-0.2, -0.15) is 13.2 Å². The Labute approximate surface area is 131 Å². The Kier molecular flexibility index (Phi) is 5.16. The second-order valence-corrected chi connectivity index (χ2v) is 4.69. The highest BCUT2D eigenvalue weighted by Crippen LogP contribution is 2.38. The maximum absolute atomic E-state index is 12.8. The van der Waals surface area contributed by atoms with Gasteiger partial charge in [0.05, 0.1) is 11.8 Å². The van der Waals surface area contributed by atoms with Gasteiger partial charge in [-0.05, 0) is 42.3 Å². The van der Waals surface area contributed by atoms with Crippen LogP contribution in [0, 0.1) is 0 Å². The summed E-state index contributed by atoms with van der Waals surface area (Å²) in [5.41, 5.74) is 0.194. The smallest absolute Gasteiger partial charge is 0.416 e. The van der Waals surface area contributed by atoms with E-state index in [0.717, 1.165) is 30.3 Å². The van der Waals surface area contributed by atoms with Crippen LogP contribution in [0.5, 0.6) is 11.5 Å². The lowest BCUT2D eigenvalue weighted by molar-refractivity contribution is -0.137. The normalized spacial score (nSPS) is 11.7. The number of ether oxygens (including phenoxy) is 1. The first-order chi connectivity index (χ1) is 10.9. The van der Waals surface area contributed by atoms with E-state index >= 15 is 0 Å². The number of rotatable bonds is 5. The minimum Gasteiger partial charge on any atom is -0.455 e. The summed E-state index contributed by atoms with van der Waals surface area (Å²) >= 11 is 0. The molecule has 0 aliphatic rings. The predicted octanol–water partition coefficient (Wildman–Crippen LogP) is 4.96. The van der Waals surface area contributed by atoms with E-state index in [-0.39, 0.29) is 11.4 Å². The molecule has 0 aromatic heterocycles. The maximum atomic E-state index is 12.8. The number of benzene rings is 2. The third-order valence-corrected chi connectivity index (χ3v) is 3.12. The van der Waals surface area contributed by atoms with E-state index in [1.54, 1.807) is 12.1 Å². The molecule has 23 heavy (non-hydrogen) atoms. The molecular formula is C17H14F3NO2. The summed E-state index contributed by atoms with van der Waals surface area (Å²) in [6.45, 7) is 2.01. The fourth-order valence-electron chi connectivity index (χ4n) is 1.91. The standard InChI is InChI=1S/C17H14F3NO2/c1-2-12-3-6-14(7-4-12)23-16-8-5-13(17(18,19)20)11-15(16)21-9-10-22/h3-11H,2H2,1H3. The highest BCUT2D eigenvalue weighted by atomic mass is 19.4. The Hall–Kier alpha value is -2.63. The van der Waals surface area contributed by atoms with E-state index in [0.29, 0.717) is 12.0 Å². The molecule has 0 aliphatic carbocycles. The number of aliphatic imine (C=N–C) groups is 1. The average molecular weight is 321 g/mol. The number of carbonyl (C=O) groups is 1. The van der Waals surface area contributed by atoms with Crippen LogP contribution in [0.3, 0.4) is 0 Å². The van der Waals surface area contributed by atoms with E-state index in [9.17, 15) is 18.0 Å². The number of halogens is 3. The van der Waals surface area contributed by atoms with E-state index < -0.39 is 11.7 Å². The van der Waals surface area contributed by atoms with Gasteiger partial charge in [-0.3, -0.25) is 4.79 Å².